The Bertz CT molecular complexity index is 803. The van der Waals surface area contributed by atoms with Crippen LogP contribution in [-0.2, 0) is 7.05 Å². The molecule has 2 aromatic rings. The predicted octanol–water partition coefficient (Wildman–Crippen LogP) is 2.29. The average Bonchev–Trinajstić information content (AvgIpc) is 2.89. The number of amides is 2. The third-order valence-corrected chi connectivity index (χ3v) is 4.32. The van der Waals surface area contributed by atoms with Crippen LogP contribution < -0.4 is 0 Å². The van der Waals surface area contributed by atoms with Crippen LogP contribution in [0.1, 0.15) is 27.1 Å². The summed E-state index contributed by atoms with van der Waals surface area (Å²) < 4.78 is 28.2. The van der Waals surface area contributed by atoms with Gasteiger partial charge in [0, 0.05) is 51.2 Å². The molecule has 2 amide bonds. The zero-order chi connectivity index (χ0) is 18.0. The van der Waals surface area contributed by atoms with Gasteiger partial charge < -0.3 is 14.4 Å². The molecule has 1 fully saturated rings. The number of carbonyl (C=O) groups is 2. The molecule has 0 unspecified atom stereocenters. The fourth-order valence-electron chi connectivity index (χ4n) is 2.95. The molecule has 0 aliphatic carbocycles. The number of halogens is 2. The Morgan fingerprint density at radius 1 is 0.880 bits per heavy atom. The van der Waals surface area contributed by atoms with Crippen molar-refractivity contribution in [1.29, 1.82) is 0 Å². The molecule has 0 radical (unpaired) electrons. The fraction of sp³-hybridized carbons (Fsp3) is 0.333. The Hall–Kier alpha value is -2.70. The summed E-state index contributed by atoms with van der Waals surface area (Å²) in [5.74, 6) is -2.44. The average molecular weight is 347 g/mol. The smallest absolute Gasteiger partial charge is 0.255 e. The van der Waals surface area contributed by atoms with Gasteiger partial charge in [0.1, 0.15) is 0 Å². The molecule has 0 bridgehead atoms. The van der Waals surface area contributed by atoms with Gasteiger partial charge in [-0.3, -0.25) is 9.59 Å². The third kappa shape index (κ3) is 3.70. The van der Waals surface area contributed by atoms with Gasteiger partial charge in [0.05, 0.1) is 5.56 Å². The summed E-state index contributed by atoms with van der Waals surface area (Å²) in [6.07, 6.45) is 4.20. The van der Waals surface area contributed by atoms with E-state index in [0.29, 0.717) is 38.2 Å². The second-order valence-electron chi connectivity index (χ2n) is 6.13. The minimum Gasteiger partial charge on any atom is -0.356 e. The van der Waals surface area contributed by atoms with Gasteiger partial charge in [-0.2, -0.15) is 0 Å². The van der Waals surface area contributed by atoms with Crippen LogP contribution in [0.2, 0.25) is 0 Å². The zero-order valence-corrected chi connectivity index (χ0v) is 13.9. The van der Waals surface area contributed by atoms with Gasteiger partial charge in [0.2, 0.25) is 0 Å². The molecule has 0 N–H and O–H groups in total. The molecule has 0 spiro atoms. The van der Waals surface area contributed by atoms with Crippen LogP contribution in [0.25, 0.3) is 0 Å². The molecule has 25 heavy (non-hydrogen) atoms. The number of nitrogens with zero attached hydrogens (tertiary/aromatic N) is 3. The molecule has 0 atom stereocenters. The first-order valence-electron chi connectivity index (χ1n) is 8.11. The van der Waals surface area contributed by atoms with Crippen LogP contribution in [0.3, 0.4) is 0 Å². The molecule has 0 saturated carbocycles. The topological polar surface area (TPSA) is 45.6 Å². The lowest BCUT2D eigenvalue weighted by molar-refractivity contribution is 0.0718. The van der Waals surface area contributed by atoms with Crippen LogP contribution in [0, 0.1) is 11.6 Å². The molecular weight excluding hydrogens is 328 g/mol. The van der Waals surface area contributed by atoms with Crippen molar-refractivity contribution in [2.75, 3.05) is 26.2 Å². The van der Waals surface area contributed by atoms with Gasteiger partial charge in [-0.25, -0.2) is 8.78 Å². The van der Waals surface area contributed by atoms with Crippen molar-refractivity contribution < 1.29 is 18.4 Å². The van der Waals surface area contributed by atoms with E-state index in [1.807, 2.05) is 17.8 Å². The van der Waals surface area contributed by atoms with Gasteiger partial charge in [-0.1, -0.05) is 0 Å². The number of aryl methyl sites for hydroxylation is 1. The number of rotatable bonds is 2. The highest BCUT2D eigenvalue weighted by atomic mass is 19.2. The van der Waals surface area contributed by atoms with Gasteiger partial charge in [0.25, 0.3) is 11.8 Å². The highest BCUT2D eigenvalue weighted by Gasteiger charge is 2.24. The Labute approximate surface area is 144 Å². The van der Waals surface area contributed by atoms with E-state index >= 15 is 0 Å². The van der Waals surface area contributed by atoms with Gasteiger partial charge in [0.15, 0.2) is 11.6 Å². The largest absolute Gasteiger partial charge is 0.356 e. The summed E-state index contributed by atoms with van der Waals surface area (Å²) in [4.78, 5) is 28.3. The normalized spacial score (nSPS) is 15.2. The lowest BCUT2D eigenvalue weighted by Gasteiger charge is -2.22. The van der Waals surface area contributed by atoms with E-state index in [-0.39, 0.29) is 17.4 Å². The van der Waals surface area contributed by atoms with Crippen LogP contribution in [0.5, 0.6) is 0 Å². The van der Waals surface area contributed by atoms with E-state index in [0.717, 1.165) is 12.1 Å². The molecule has 5 nitrogen and oxygen atoms in total. The summed E-state index contributed by atoms with van der Waals surface area (Å²) in [5.41, 5.74) is 0.726. The first kappa shape index (κ1) is 17.1. The highest BCUT2D eigenvalue weighted by Crippen LogP contribution is 2.14. The minimum atomic E-state index is -1.04. The van der Waals surface area contributed by atoms with Crippen molar-refractivity contribution in [1.82, 2.24) is 14.4 Å². The maximum Gasteiger partial charge on any atom is 0.255 e. The van der Waals surface area contributed by atoms with Gasteiger partial charge >= 0.3 is 0 Å². The molecule has 1 aromatic carbocycles. The fourth-order valence-corrected chi connectivity index (χ4v) is 2.95. The summed E-state index contributed by atoms with van der Waals surface area (Å²) in [6, 6.07) is 4.90. The number of benzene rings is 1. The Morgan fingerprint density at radius 3 is 2.08 bits per heavy atom. The standard InChI is InChI=1S/C18H19F2N3O2/c1-21-8-5-14(12-21)18(25)23-7-2-6-22(9-10-23)17(24)13-3-4-15(19)16(20)11-13/h3-5,8,11-12H,2,6-7,9-10H2,1H3. The van der Waals surface area contributed by atoms with E-state index < -0.39 is 11.6 Å². The first-order chi connectivity index (χ1) is 12.0. The molecule has 1 aliphatic heterocycles. The minimum absolute atomic E-state index is 0.0669. The number of hydrogen-bond acceptors (Lipinski definition) is 2. The van der Waals surface area contributed by atoms with Crippen molar-refractivity contribution in [3.8, 4) is 0 Å². The molecule has 7 heteroatoms. The summed E-state index contributed by atoms with van der Waals surface area (Å²) >= 11 is 0. The summed E-state index contributed by atoms with van der Waals surface area (Å²) in [6.45, 7) is 1.78. The second-order valence-corrected chi connectivity index (χ2v) is 6.13. The van der Waals surface area contributed by atoms with Crippen molar-refractivity contribution in [2.24, 2.45) is 7.05 Å². The molecule has 3 rings (SSSR count). The maximum absolute atomic E-state index is 13.3. The van der Waals surface area contributed by atoms with E-state index in [2.05, 4.69) is 0 Å². The SMILES string of the molecule is Cn1ccc(C(=O)N2CCCN(C(=O)c3ccc(F)c(F)c3)CC2)c1. The molecule has 1 saturated heterocycles. The first-order valence-corrected chi connectivity index (χ1v) is 8.11. The quantitative estimate of drug-likeness (QED) is 0.837. The van der Waals surface area contributed by atoms with Crippen LogP contribution >= 0.6 is 0 Å². The van der Waals surface area contributed by atoms with Crippen molar-refractivity contribution in [3.05, 3.63) is 59.4 Å². The van der Waals surface area contributed by atoms with E-state index in [1.54, 1.807) is 22.1 Å². The van der Waals surface area contributed by atoms with Crippen molar-refractivity contribution in [3.63, 3.8) is 0 Å². The number of aromatic nitrogens is 1. The Balaban J connectivity index is 1.67. The highest BCUT2D eigenvalue weighted by molar-refractivity contribution is 5.95. The zero-order valence-electron chi connectivity index (χ0n) is 13.9. The Morgan fingerprint density at radius 2 is 1.52 bits per heavy atom. The van der Waals surface area contributed by atoms with Crippen LogP contribution in [-0.4, -0.2) is 52.4 Å². The molecule has 1 aromatic heterocycles. The van der Waals surface area contributed by atoms with Gasteiger partial charge in [-0.15, -0.1) is 0 Å². The summed E-state index contributed by atoms with van der Waals surface area (Å²) in [7, 11) is 1.85. The molecule has 132 valence electrons. The van der Waals surface area contributed by atoms with E-state index in [9.17, 15) is 18.4 Å². The second kappa shape index (κ2) is 7.04. The molecular formula is C18H19F2N3O2. The van der Waals surface area contributed by atoms with Crippen molar-refractivity contribution in [2.45, 2.75) is 6.42 Å². The lowest BCUT2D eigenvalue weighted by atomic mass is 10.2. The number of carbonyl (C=O) groups excluding carboxylic acids is 2. The summed E-state index contributed by atoms with van der Waals surface area (Å²) in [5, 5.41) is 0. The Kier molecular flexibility index (Phi) is 4.83. The molecule has 1 aliphatic rings. The third-order valence-electron chi connectivity index (χ3n) is 4.32. The number of hydrogen-bond donors (Lipinski definition) is 0. The van der Waals surface area contributed by atoms with Crippen LogP contribution in [0.4, 0.5) is 8.78 Å². The maximum atomic E-state index is 13.3. The lowest BCUT2D eigenvalue weighted by Crippen LogP contribution is -2.37. The van der Waals surface area contributed by atoms with Crippen LogP contribution in [0.15, 0.2) is 36.7 Å². The van der Waals surface area contributed by atoms with E-state index in [1.165, 1.54) is 6.07 Å². The molecule has 2 heterocycles. The van der Waals surface area contributed by atoms with Gasteiger partial charge in [-0.05, 0) is 30.7 Å². The van der Waals surface area contributed by atoms with Crippen molar-refractivity contribution >= 4 is 11.8 Å². The predicted molar refractivity (Wildman–Crippen MR) is 88.2 cm³/mol. The van der Waals surface area contributed by atoms with E-state index in [4.69, 9.17) is 0 Å². The monoisotopic (exact) mass is 347 g/mol.